The second kappa shape index (κ2) is 8.05. The maximum Gasteiger partial charge on any atom is 0.251 e. The lowest BCUT2D eigenvalue weighted by Crippen LogP contribution is -2.39. The van der Waals surface area contributed by atoms with E-state index in [1.807, 2.05) is 48.5 Å². The van der Waals surface area contributed by atoms with Gasteiger partial charge in [0.05, 0.1) is 0 Å². The highest BCUT2D eigenvalue weighted by Crippen LogP contribution is 2.24. The quantitative estimate of drug-likeness (QED) is 0.756. The Morgan fingerprint density at radius 3 is 2.57 bits per heavy atom. The van der Waals surface area contributed by atoms with Gasteiger partial charge in [0, 0.05) is 24.0 Å². The lowest BCUT2D eigenvalue weighted by molar-refractivity contribution is 0.0889. The normalized spacial score (nSPS) is 19.0. The van der Waals surface area contributed by atoms with Crippen LogP contribution in [0.3, 0.4) is 0 Å². The first-order valence-corrected chi connectivity index (χ1v) is 9.40. The number of hydrogen-bond acceptors (Lipinski definition) is 5. The van der Waals surface area contributed by atoms with Gasteiger partial charge in [-0.3, -0.25) is 4.79 Å². The highest BCUT2D eigenvalue weighted by molar-refractivity contribution is 5.98. The number of nitrogens with zero attached hydrogens (tertiary/aromatic N) is 3. The predicted octanol–water partition coefficient (Wildman–Crippen LogP) is 3.62. The maximum atomic E-state index is 12.6. The molecule has 1 aliphatic carbocycles. The molecule has 1 aliphatic rings. The third-order valence-corrected chi connectivity index (χ3v) is 5.07. The molecule has 1 N–H and O–H groups in total. The molecule has 0 radical (unpaired) electrons. The van der Waals surface area contributed by atoms with E-state index in [2.05, 4.69) is 15.3 Å². The van der Waals surface area contributed by atoms with Crippen molar-refractivity contribution in [2.75, 3.05) is 0 Å². The lowest BCUT2D eigenvalue weighted by Gasteiger charge is -2.29. The van der Waals surface area contributed by atoms with Gasteiger partial charge < -0.3 is 10.1 Å². The third kappa shape index (κ3) is 3.94. The van der Waals surface area contributed by atoms with Crippen LogP contribution in [0.15, 0.2) is 54.9 Å². The molecular formula is C22H20N4O2. The third-order valence-electron chi connectivity index (χ3n) is 5.07. The van der Waals surface area contributed by atoms with Gasteiger partial charge in [-0.05, 0) is 48.6 Å². The molecule has 140 valence electrons. The zero-order chi connectivity index (χ0) is 19.3. The molecule has 1 aromatic heterocycles. The Labute approximate surface area is 163 Å². The van der Waals surface area contributed by atoms with E-state index in [-0.39, 0.29) is 29.6 Å². The van der Waals surface area contributed by atoms with Crippen molar-refractivity contribution in [3.8, 4) is 11.9 Å². The van der Waals surface area contributed by atoms with Crippen molar-refractivity contribution in [1.82, 2.24) is 15.3 Å². The molecular weight excluding hydrogens is 352 g/mol. The van der Waals surface area contributed by atoms with Crippen molar-refractivity contribution in [3.05, 3.63) is 66.1 Å². The minimum absolute atomic E-state index is 0.0161. The molecule has 0 saturated heterocycles. The molecule has 28 heavy (non-hydrogen) atoms. The summed E-state index contributed by atoms with van der Waals surface area (Å²) in [7, 11) is 0. The number of amides is 1. The number of fused-ring (bicyclic) bond motifs is 1. The molecule has 0 atom stereocenters. The second-order valence-corrected chi connectivity index (χ2v) is 6.95. The van der Waals surface area contributed by atoms with Gasteiger partial charge >= 0.3 is 0 Å². The summed E-state index contributed by atoms with van der Waals surface area (Å²) in [6.07, 6.45) is 6.22. The zero-order valence-corrected chi connectivity index (χ0v) is 15.3. The topological polar surface area (TPSA) is 87.9 Å². The first-order valence-electron chi connectivity index (χ1n) is 9.40. The molecule has 1 heterocycles. The van der Waals surface area contributed by atoms with E-state index in [4.69, 9.17) is 10.00 Å². The van der Waals surface area contributed by atoms with Crippen LogP contribution in [0.4, 0.5) is 0 Å². The van der Waals surface area contributed by atoms with Gasteiger partial charge in [0.2, 0.25) is 5.69 Å². The van der Waals surface area contributed by atoms with Gasteiger partial charge in [0.25, 0.3) is 11.8 Å². The molecule has 0 spiro atoms. The number of nitrogens with one attached hydrogen (secondary N) is 1. The Hall–Kier alpha value is -3.46. The molecule has 0 unspecified atom stereocenters. The van der Waals surface area contributed by atoms with E-state index in [1.54, 1.807) is 0 Å². The number of rotatable bonds is 4. The highest BCUT2D eigenvalue weighted by Gasteiger charge is 2.25. The number of hydrogen-bond donors (Lipinski definition) is 1. The summed E-state index contributed by atoms with van der Waals surface area (Å²) in [4.78, 5) is 20.7. The summed E-state index contributed by atoms with van der Waals surface area (Å²) >= 11 is 0. The van der Waals surface area contributed by atoms with Crippen LogP contribution in [-0.2, 0) is 0 Å². The number of carbonyl (C=O) groups excluding carboxylic acids is 1. The van der Waals surface area contributed by atoms with E-state index in [1.165, 1.54) is 12.4 Å². The van der Waals surface area contributed by atoms with Gasteiger partial charge in [0.15, 0.2) is 0 Å². The SMILES string of the molecule is N#Cc1nccnc1OC1CCC(NC(=O)c2ccc3ccccc3c2)CC1. The fraction of sp³-hybridized carbons (Fsp3) is 0.273. The molecule has 3 aromatic rings. The van der Waals surface area contributed by atoms with Gasteiger partial charge in [0.1, 0.15) is 12.2 Å². The van der Waals surface area contributed by atoms with Gasteiger partial charge in [-0.2, -0.15) is 5.26 Å². The average Bonchev–Trinajstić information content (AvgIpc) is 2.75. The van der Waals surface area contributed by atoms with E-state index >= 15 is 0 Å². The van der Waals surface area contributed by atoms with Crippen LogP contribution in [0.5, 0.6) is 5.88 Å². The molecule has 0 bridgehead atoms. The first-order chi connectivity index (χ1) is 13.7. The molecule has 4 rings (SSSR count). The van der Waals surface area contributed by atoms with Crippen LogP contribution in [0.1, 0.15) is 41.7 Å². The molecule has 1 fully saturated rings. The molecule has 2 aromatic carbocycles. The molecule has 1 saturated carbocycles. The predicted molar refractivity (Wildman–Crippen MR) is 105 cm³/mol. The zero-order valence-electron chi connectivity index (χ0n) is 15.3. The van der Waals surface area contributed by atoms with Gasteiger partial charge in [-0.1, -0.05) is 30.3 Å². The van der Waals surface area contributed by atoms with Crippen molar-refractivity contribution < 1.29 is 9.53 Å². The monoisotopic (exact) mass is 372 g/mol. The number of benzene rings is 2. The summed E-state index contributed by atoms with van der Waals surface area (Å²) in [6, 6.07) is 15.9. The fourth-order valence-corrected chi connectivity index (χ4v) is 3.57. The smallest absolute Gasteiger partial charge is 0.251 e. The Morgan fingerprint density at radius 2 is 1.79 bits per heavy atom. The van der Waals surface area contributed by atoms with Crippen molar-refractivity contribution in [2.24, 2.45) is 0 Å². The van der Waals surface area contributed by atoms with Crippen molar-refractivity contribution in [1.29, 1.82) is 5.26 Å². The van der Waals surface area contributed by atoms with Crippen molar-refractivity contribution in [2.45, 2.75) is 37.8 Å². The number of carbonyl (C=O) groups is 1. The summed E-state index contributed by atoms with van der Waals surface area (Å²) in [5.74, 6) is 0.240. The van der Waals surface area contributed by atoms with E-state index < -0.39 is 0 Å². The van der Waals surface area contributed by atoms with Crippen LogP contribution < -0.4 is 10.1 Å². The molecule has 1 amide bonds. The lowest BCUT2D eigenvalue weighted by atomic mass is 9.92. The summed E-state index contributed by atoms with van der Waals surface area (Å²) < 4.78 is 5.85. The molecule has 6 heteroatoms. The summed E-state index contributed by atoms with van der Waals surface area (Å²) in [5.41, 5.74) is 0.879. The van der Waals surface area contributed by atoms with Crippen LogP contribution >= 0.6 is 0 Å². The van der Waals surface area contributed by atoms with Crippen LogP contribution in [-0.4, -0.2) is 28.0 Å². The minimum Gasteiger partial charge on any atom is -0.472 e. The first kappa shape index (κ1) is 17.9. The fourth-order valence-electron chi connectivity index (χ4n) is 3.57. The Bertz CT molecular complexity index is 1040. The van der Waals surface area contributed by atoms with Crippen LogP contribution in [0.25, 0.3) is 10.8 Å². The standard InChI is InChI=1S/C22H20N4O2/c23-14-20-22(25-12-11-24-20)28-19-9-7-18(8-10-19)26-21(27)17-6-5-15-3-1-2-4-16(15)13-17/h1-6,11-13,18-19H,7-10H2,(H,26,27). The summed E-state index contributed by atoms with van der Waals surface area (Å²) in [6.45, 7) is 0. The van der Waals surface area contributed by atoms with E-state index in [0.29, 0.717) is 5.56 Å². The van der Waals surface area contributed by atoms with E-state index in [9.17, 15) is 4.79 Å². The van der Waals surface area contributed by atoms with Crippen molar-refractivity contribution >= 4 is 16.7 Å². The maximum absolute atomic E-state index is 12.6. The van der Waals surface area contributed by atoms with Crippen LogP contribution in [0, 0.1) is 11.3 Å². The summed E-state index contributed by atoms with van der Waals surface area (Å²) in [5, 5.41) is 14.4. The number of nitriles is 1. The molecule has 0 aliphatic heterocycles. The van der Waals surface area contributed by atoms with Gasteiger partial charge in [-0.15, -0.1) is 0 Å². The van der Waals surface area contributed by atoms with Gasteiger partial charge in [-0.25, -0.2) is 9.97 Å². The number of aromatic nitrogens is 2. The Kier molecular flexibility index (Phi) is 5.16. The second-order valence-electron chi connectivity index (χ2n) is 6.95. The van der Waals surface area contributed by atoms with Crippen molar-refractivity contribution in [3.63, 3.8) is 0 Å². The highest BCUT2D eigenvalue weighted by atomic mass is 16.5. The number of ether oxygens (including phenoxy) is 1. The van der Waals surface area contributed by atoms with E-state index in [0.717, 1.165) is 36.5 Å². The minimum atomic E-state index is -0.0455. The molecule has 6 nitrogen and oxygen atoms in total. The Morgan fingerprint density at radius 1 is 1.04 bits per heavy atom. The average molecular weight is 372 g/mol. The Balaban J connectivity index is 1.33. The van der Waals surface area contributed by atoms with Crippen LogP contribution in [0.2, 0.25) is 0 Å². The largest absolute Gasteiger partial charge is 0.472 e.